The van der Waals surface area contributed by atoms with Gasteiger partial charge in [-0.2, -0.15) is 0 Å². The first-order valence-corrected chi connectivity index (χ1v) is 25.3. The van der Waals surface area contributed by atoms with Crippen molar-refractivity contribution in [1.29, 1.82) is 0 Å². The summed E-state index contributed by atoms with van der Waals surface area (Å²) < 4.78 is 17.3. The Bertz CT molecular complexity index is 1200. The number of quaternary nitrogens is 1. The normalized spacial score (nSPS) is 13.4. The summed E-state index contributed by atoms with van der Waals surface area (Å²) in [7, 11) is 5.52. The molecule has 0 aromatic rings. The van der Waals surface area contributed by atoms with Gasteiger partial charge in [-0.15, -0.1) is 0 Å². The minimum Gasteiger partial charge on any atom is -0.477 e. The molecule has 0 amide bonds. The fourth-order valence-corrected chi connectivity index (χ4v) is 7.23. The lowest BCUT2D eigenvalue weighted by Gasteiger charge is -2.31. The lowest BCUT2D eigenvalue weighted by molar-refractivity contribution is -0.887. The van der Waals surface area contributed by atoms with Gasteiger partial charge in [0.05, 0.1) is 34.4 Å². The first kappa shape index (κ1) is 59.0. The highest BCUT2D eigenvalue weighted by Gasteiger charge is 2.31. The van der Waals surface area contributed by atoms with E-state index >= 15 is 0 Å². The van der Waals surface area contributed by atoms with E-state index in [2.05, 4.69) is 74.6 Å². The number of rotatable bonds is 45. The summed E-state index contributed by atoms with van der Waals surface area (Å²) in [6.07, 6.45) is 55.5. The van der Waals surface area contributed by atoms with Crippen molar-refractivity contribution in [3.8, 4) is 0 Å². The molecule has 0 spiro atoms. The Labute approximate surface area is 381 Å². The van der Waals surface area contributed by atoms with Crippen LogP contribution in [-0.4, -0.2) is 80.6 Å². The summed E-state index contributed by atoms with van der Waals surface area (Å²) >= 11 is 0. The molecule has 2 atom stereocenters. The molecule has 358 valence electrons. The Morgan fingerprint density at radius 3 is 1.29 bits per heavy atom. The molecule has 62 heavy (non-hydrogen) atoms. The fourth-order valence-electron chi connectivity index (χ4n) is 7.23. The van der Waals surface area contributed by atoms with Gasteiger partial charge in [0.2, 0.25) is 0 Å². The largest absolute Gasteiger partial charge is 0.477 e. The number of likely N-dealkylation sites (N-methyl/N-ethyl adjacent to an activating group) is 1. The zero-order valence-corrected chi connectivity index (χ0v) is 40.8. The Morgan fingerprint density at radius 1 is 0.484 bits per heavy atom. The van der Waals surface area contributed by atoms with Crippen molar-refractivity contribution in [3.05, 3.63) is 60.8 Å². The van der Waals surface area contributed by atoms with Gasteiger partial charge in [-0.05, 0) is 64.2 Å². The van der Waals surface area contributed by atoms with Crippen LogP contribution in [0.15, 0.2) is 60.8 Å². The van der Waals surface area contributed by atoms with Crippen molar-refractivity contribution >= 4 is 17.9 Å². The SMILES string of the molecule is CCCCC/C=C/C/C=C/C/C=C/C/C=C/C/C=C/CCCCC(=O)OCC(COCCC(C(=O)O)[N+](C)(C)C)OC(=O)CCCCCCCCCCCCCCCCCCC. The number of carbonyl (C=O) groups excluding carboxylic acids is 2. The van der Waals surface area contributed by atoms with Crippen LogP contribution in [0.1, 0.15) is 213 Å². The van der Waals surface area contributed by atoms with Crippen LogP contribution in [0.2, 0.25) is 0 Å². The second-order valence-electron chi connectivity index (χ2n) is 18.1. The number of ether oxygens (including phenoxy) is 3. The molecule has 8 heteroatoms. The highest BCUT2D eigenvalue weighted by Crippen LogP contribution is 2.15. The number of allylic oxidation sites excluding steroid dienone is 10. The van der Waals surface area contributed by atoms with Crippen LogP contribution in [-0.2, 0) is 28.6 Å². The molecule has 0 bridgehead atoms. The molecule has 0 saturated heterocycles. The minimum absolute atomic E-state index is 0.0474. The van der Waals surface area contributed by atoms with E-state index in [-0.39, 0.29) is 36.2 Å². The number of esters is 2. The van der Waals surface area contributed by atoms with E-state index in [1.807, 2.05) is 21.1 Å². The Morgan fingerprint density at radius 2 is 0.855 bits per heavy atom. The first-order valence-electron chi connectivity index (χ1n) is 25.3. The quantitative estimate of drug-likeness (QED) is 0.0282. The maximum absolute atomic E-state index is 12.8. The maximum Gasteiger partial charge on any atom is 0.362 e. The van der Waals surface area contributed by atoms with Crippen LogP contribution in [0, 0.1) is 0 Å². The number of unbranched alkanes of at least 4 members (excludes halogenated alkanes) is 21. The van der Waals surface area contributed by atoms with Crippen LogP contribution < -0.4 is 0 Å². The van der Waals surface area contributed by atoms with E-state index < -0.39 is 18.1 Å². The number of carboxylic acids is 1. The van der Waals surface area contributed by atoms with Gasteiger partial charge >= 0.3 is 17.9 Å². The van der Waals surface area contributed by atoms with Gasteiger partial charge in [0.1, 0.15) is 6.61 Å². The van der Waals surface area contributed by atoms with E-state index in [9.17, 15) is 19.5 Å². The number of carbonyl (C=O) groups is 3. The average molecular weight is 871 g/mol. The second kappa shape index (κ2) is 44.6. The summed E-state index contributed by atoms with van der Waals surface area (Å²) in [5.41, 5.74) is 0. The fraction of sp³-hybridized carbons (Fsp3) is 0.759. The summed E-state index contributed by atoms with van der Waals surface area (Å²) in [6, 6.07) is -0.622. The van der Waals surface area contributed by atoms with Crippen LogP contribution in [0.4, 0.5) is 0 Å². The van der Waals surface area contributed by atoms with Gasteiger partial charge in [0.25, 0.3) is 0 Å². The summed E-state index contributed by atoms with van der Waals surface area (Å²) in [4.78, 5) is 37.1. The number of nitrogens with zero attached hydrogens (tertiary/aromatic N) is 1. The van der Waals surface area contributed by atoms with Crippen molar-refractivity contribution in [1.82, 2.24) is 0 Å². The van der Waals surface area contributed by atoms with Crippen LogP contribution in [0.5, 0.6) is 0 Å². The third kappa shape index (κ3) is 42.3. The Balaban J connectivity index is 4.34. The van der Waals surface area contributed by atoms with E-state index in [0.717, 1.165) is 64.2 Å². The van der Waals surface area contributed by atoms with Gasteiger partial charge in [-0.25, -0.2) is 4.79 Å². The molecule has 0 aliphatic rings. The lowest BCUT2D eigenvalue weighted by Crippen LogP contribution is -2.50. The molecule has 2 unspecified atom stereocenters. The molecule has 0 saturated carbocycles. The van der Waals surface area contributed by atoms with Gasteiger partial charge in [-0.3, -0.25) is 9.59 Å². The molecular weight excluding hydrogens is 775 g/mol. The highest BCUT2D eigenvalue weighted by molar-refractivity contribution is 5.72. The number of aliphatic carboxylic acids is 1. The number of carboxylic acid groups (broad SMARTS) is 1. The molecule has 8 nitrogen and oxygen atoms in total. The summed E-state index contributed by atoms with van der Waals surface area (Å²) in [6.45, 7) is 4.68. The zero-order chi connectivity index (χ0) is 45.6. The van der Waals surface area contributed by atoms with Crippen LogP contribution in [0.25, 0.3) is 0 Å². The second-order valence-corrected chi connectivity index (χ2v) is 18.1. The maximum atomic E-state index is 12.8. The van der Waals surface area contributed by atoms with Gasteiger partial charge in [-0.1, -0.05) is 190 Å². The van der Waals surface area contributed by atoms with E-state index in [1.165, 1.54) is 116 Å². The third-order valence-electron chi connectivity index (χ3n) is 11.2. The average Bonchev–Trinajstić information content (AvgIpc) is 3.23. The molecule has 0 aromatic carbocycles. The molecule has 0 radical (unpaired) electrons. The standard InChI is InChI=1S/C54H95NO7/c1-6-8-10-12-14-16-18-20-22-24-25-26-27-29-30-32-34-36-38-40-42-44-52(56)61-49-50(48-60-47-46-51(54(58)59)55(3,4)5)62-53(57)45-43-41-39-37-35-33-31-28-23-21-19-17-15-13-11-9-7-2/h14,16,20,22,25-26,29-30,34,36,50-51H,6-13,15,17-19,21,23-24,27-28,31-33,35,37-49H2,1-5H3/p+1/b16-14+,22-20+,26-25+,30-29+,36-34+. The van der Waals surface area contributed by atoms with Crippen LogP contribution in [0.3, 0.4) is 0 Å². The van der Waals surface area contributed by atoms with E-state index in [4.69, 9.17) is 14.2 Å². The van der Waals surface area contributed by atoms with E-state index in [1.54, 1.807) is 0 Å². The molecule has 0 heterocycles. The molecular formula is C54H96NO7+. The molecule has 0 fully saturated rings. The molecule has 1 N–H and O–H groups in total. The summed E-state index contributed by atoms with van der Waals surface area (Å²) in [5, 5.41) is 9.65. The third-order valence-corrected chi connectivity index (χ3v) is 11.2. The Kier molecular flexibility index (Phi) is 42.5. The predicted octanol–water partition coefficient (Wildman–Crippen LogP) is 14.5. The smallest absolute Gasteiger partial charge is 0.362 e. The topological polar surface area (TPSA) is 99.1 Å². The van der Waals surface area contributed by atoms with Crippen molar-refractivity contribution in [2.75, 3.05) is 41.0 Å². The Hall–Kier alpha value is -2.97. The number of hydrogen-bond donors (Lipinski definition) is 1. The van der Waals surface area contributed by atoms with Crippen molar-refractivity contribution < 1.29 is 38.2 Å². The zero-order valence-electron chi connectivity index (χ0n) is 40.8. The van der Waals surface area contributed by atoms with Gasteiger partial charge < -0.3 is 23.8 Å². The van der Waals surface area contributed by atoms with Crippen molar-refractivity contribution in [3.63, 3.8) is 0 Å². The molecule has 0 rings (SSSR count). The van der Waals surface area contributed by atoms with E-state index in [0.29, 0.717) is 19.3 Å². The predicted molar refractivity (Wildman–Crippen MR) is 261 cm³/mol. The van der Waals surface area contributed by atoms with Crippen molar-refractivity contribution in [2.24, 2.45) is 0 Å². The van der Waals surface area contributed by atoms with Crippen molar-refractivity contribution in [2.45, 2.75) is 225 Å². The first-order chi connectivity index (χ1) is 30.1. The van der Waals surface area contributed by atoms with Gasteiger partial charge in [0.15, 0.2) is 12.1 Å². The highest BCUT2D eigenvalue weighted by atomic mass is 16.6. The monoisotopic (exact) mass is 871 g/mol. The van der Waals surface area contributed by atoms with Crippen LogP contribution >= 0.6 is 0 Å². The summed E-state index contributed by atoms with van der Waals surface area (Å²) in [5.74, 6) is -1.52. The molecule has 0 aliphatic carbocycles. The van der Waals surface area contributed by atoms with Gasteiger partial charge in [0, 0.05) is 19.3 Å². The molecule has 0 aromatic heterocycles. The lowest BCUT2D eigenvalue weighted by atomic mass is 10.0. The number of hydrogen-bond acceptors (Lipinski definition) is 6. The minimum atomic E-state index is -0.880. The molecule has 0 aliphatic heterocycles.